The number of hydrogen-bond donors (Lipinski definition) is 0. The summed E-state index contributed by atoms with van der Waals surface area (Å²) in [6.45, 7) is 6.09. The maximum absolute atomic E-state index is 5.96. The van der Waals surface area contributed by atoms with Gasteiger partial charge in [-0.2, -0.15) is 5.11 Å². The van der Waals surface area contributed by atoms with Gasteiger partial charge in [-0.3, -0.25) is 0 Å². The van der Waals surface area contributed by atoms with E-state index < -0.39 is 5.72 Å². The number of rotatable bonds is 26. The smallest absolute Gasteiger partial charge is 0.229 e. The maximum atomic E-state index is 5.96. The van der Waals surface area contributed by atoms with E-state index in [2.05, 4.69) is 24.1 Å². The third-order valence-electron chi connectivity index (χ3n) is 8.16. The molecule has 1 aromatic rings. The summed E-state index contributed by atoms with van der Waals surface area (Å²) < 4.78 is 17.7. The van der Waals surface area contributed by atoms with Crippen LogP contribution >= 0.6 is 0 Å². The summed E-state index contributed by atoms with van der Waals surface area (Å²) in [5.74, 6) is 1.78. The molecule has 0 radical (unpaired) electrons. The number of allylic oxidation sites excluding steroid dienone is 1. The number of azo groups is 1. The molecule has 2 atom stereocenters. The zero-order chi connectivity index (χ0) is 28.9. The summed E-state index contributed by atoms with van der Waals surface area (Å²) >= 11 is 0. The summed E-state index contributed by atoms with van der Waals surface area (Å²) in [7, 11) is 0. The summed E-state index contributed by atoms with van der Waals surface area (Å²) in [5.41, 5.74) is 0.148. The van der Waals surface area contributed by atoms with Crippen LogP contribution in [0, 0.1) is 0 Å². The second-order valence-corrected chi connectivity index (χ2v) is 11.9. The van der Waals surface area contributed by atoms with Gasteiger partial charge in [-0.05, 0) is 55.3 Å². The molecule has 1 aromatic carbocycles. The number of ether oxygens (including phenoxy) is 3. The fourth-order valence-electron chi connectivity index (χ4n) is 5.38. The van der Waals surface area contributed by atoms with E-state index in [1.54, 1.807) is 0 Å². The third kappa shape index (κ3) is 14.1. The number of epoxide rings is 1. The van der Waals surface area contributed by atoms with Crippen molar-refractivity contribution in [3.8, 4) is 5.75 Å². The number of nitrogens with zero attached hydrogens (tertiary/aromatic N) is 2. The van der Waals surface area contributed by atoms with E-state index in [0.717, 1.165) is 43.3 Å². The Morgan fingerprint density at radius 2 is 1.12 bits per heavy atom. The lowest BCUT2D eigenvalue weighted by atomic mass is 10.1. The van der Waals surface area contributed by atoms with E-state index in [-0.39, 0.29) is 6.10 Å². The van der Waals surface area contributed by atoms with Crippen LogP contribution in [-0.4, -0.2) is 25.0 Å². The lowest BCUT2D eigenvalue weighted by Crippen LogP contribution is -2.11. The van der Waals surface area contributed by atoms with Gasteiger partial charge in [-0.1, -0.05) is 129 Å². The second-order valence-electron chi connectivity index (χ2n) is 11.9. The van der Waals surface area contributed by atoms with Gasteiger partial charge < -0.3 is 14.2 Å². The molecule has 5 nitrogen and oxygen atoms in total. The third-order valence-corrected chi connectivity index (χ3v) is 8.16. The van der Waals surface area contributed by atoms with Crippen molar-refractivity contribution < 1.29 is 14.2 Å². The molecule has 0 spiro atoms. The van der Waals surface area contributed by atoms with Crippen LogP contribution in [0.2, 0.25) is 0 Å². The molecule has 1 fully saturated rings. The molecule has 0 saturated carbocycles. The molecule has 230 valence electrons. The molecular formula is C36H58N2O3. The second kappa shape index (κ2) is 20.7. The largest absolute Gasteiger partial charge is 0.494 e. The first-order chi connectivity index (χ1) is 20.3. The Kier molecular flexibility index (Phi) is 16.8. The van der Waals surface area contributed by atoms with E-state index in [4.69, 9.17) is 14.2 Å². The normalized spacial score (nSPS) is 19.4. The van der Waals surface area contributed by atoms with Crippen LogP contribution in [0.5, 0.6) is 5.75 Å². The fourth-order valence-corrected chi connectivity index (χ4v) is 5.38. The Hall–Kier alpha value is -2.14. The summed E-state index contributed by atoms with van der Waals surface area (Å²) in [4.78, 5) is 0. The summed E-state index contributed by atoms with van der Waals surface area (Å²) in [6, 6.07) is 7.86. The molecule has 2 unspecified atom stereocenters. The fraction of sp³-hybridized carbons (Fsp3) is 0.722. The van der Waals surface area contributed by atoms with Crippen molar-refractivity contribution in [3.05, 3.63) is 48.3 Å². The van der Waals surface area contributed by atoms with Crippen molar-refractivity contribution in [3.63, 3.8) is 0 Å². The van der Waals surface area contributed by atoms with E-state index >= 15 is 0 Å². The predicted molar refractivity (Wildman–Crippen MR) is 171 cm³/mol. The zero-order valence-electron chi connectivity index (χ0n) is 26.3. The average molecular weight is 567 g/mol. The van der Waals surface area contributed by atoms with Crippen molar-refractivity contribution >= 4 is 5.69 Å². The minimum atomic E-state index is -0.658. The zero-order valence-corrected chi connectivity index (χ0v) is 26.3. The van der Waals surface area contributed by atoms with E-state index in [9.17, 15) is 0 Å². The molecule has 5 heteroatoms. The number of fused-ring (bicyclic) bond motifs is 1. The predicted octanol–water partition coefficient (Wildman–Crippen LogP) is 11.6. The van der Waals surface area contributed by atoms with Gasteiger partial charge >= 0.3 is 0 Å². The Bertz CT molecular complexity index is 895. The van der Waals surface area contributed by atoms with Crippen LogP contribution in [0.15, 0.2) is 58.5 Å². The highest BCUT2D eigenvalue weighted by atomic mass is 16.6. The quantitative estimate of drug-likeness (QED) is 0.0636. The van der Waals surface area contributed by atoms with Gasteiger partial charge in [0.2, 0.25) is 5.72 Å². The minimum absolute atomic E-state index is 0.0809. The molecule has 41 heavy (non-hydrogen) atoms. The minimum Gasteiger partial charge on any atom is -0.494 e. The molecule has 0 N–H and O–H groups in total. The summed E-state index contributed by atoms with van der Waals surface area (Å²) in [5, 5.41) is 8.92. The SMILES string of the molecule is CCCCCCCCCCCCOC1=CC2OC2(N=Nc2ccc(OCCCCCCCCCCCC)cc2)C=C1. The van der Waals surface area contributed by atoms with Gasteiger partial charge in [0.05, 0.1) is 18.9 Å². The van der Waals surface area contributed by atoms with Gasteiger partial charge in [-0.15, -0.1) is 5.11 Å². The Balaban J connectivity index is 1.20. The van der Waals surface area contributed by atoms with E-state index in [0.29, 0.717) is 0 Å². The van der Waals surface area contributed by atoms with Gasteiger partial charge in [-0.25, -0.2) is 0 Å². The molecule has 0 bridgehead atoms. The molecule has 0 amide bonds. The highest BCUT2D eigenvalue weighted by Gasteiger charge is 2.56. The van der Waals surface area contributed by atoms with Crippen LogP contribution in [0.25, 0.3) is 0 Å². The van der Waals surface area contributed by atoms with Crippen molar-refractivity contribution in [2.24, 2.45) is 10.2 Å². The Morgan fingerprint density at radius 3 is 1.63 bits per heavy atom. The first-order valence-electron chi connectivity index (χ1n) is 17.1. The van der Waals surface area contributed by atoms with Gasteiger partial charge in [0, 0.05) is 0 Å². The average Bonchev–Trinajstić information content (AvgIpc) is 3.72. The van der Waals surface area contributed by atoms with Crippen LogP contribution in [0.4, 0.5) is 5.69 Å². The highest BCUT2D eigenvalue weighted by Crippen LogP contribution is 2.44. The molecule has 1 aliphatic heterocycles. The lowest BCUT2D eigenvalue weighted by molar-refractivity contribution is 0.214. The van der Waals surface area contributed by atoms with Crippen LogP contribution < -0.4 is 4.74 Å². The molecule has 3 rings (SSSR count). The molecule has 0 aromatic heterocycles. The molecule has 2 aliphatic rings. The standard InChI is InChI=1S/C36H58N2O3/c1-3-5-7-9-11-13-15-17-19-21-29-39-33-25-23-32(24-26-33)37-38-36-28-27-34(31-35(36)41-36)40-30-22-20-18-16-14-12-10-8-6-4-2/h23-28,31,35H,3-22,29-30H2,1-2H3. The van der Waals surface area contributed by atoms with Crippen LogP contribution in [-0.2, 0) is 9.47 Å². The number of benzene rings is 1. The van der Waals surface area contributed by atoms with Crippen LogP contribution in [0.3, 0.4) is 0 Å². The number of unbranched alkanes of at least 4 members (excludes halogenated alkanes) is 18. The van der Waals surface area contributed by atoms with Crippen molar-refractivity contribution in [1.29, 1.82) is 0 Å². The van der Waals surface area contributed by atoms with Crippen molar-refractivity contribution in [1.82, 2.24) is 0 Å². The molecule has 1 heterocycles. The van der Waals surface area contributed by atoms with Gasteiger partial charge in [0.25, 0.3) is 0 Å². The molecule has 1 saturated heterocycles. The maximum Gasteiger partial charge on any atom is 0.229 e. The monoisotopic (exact) mass is 566 g/mol. The highest BCUT2D eigenvalue weighted by molar-refractivity contribution is 5.41. The molecule has 1 aliphatic carbocycles. The summed E-state index contributed by atoms with van der Waals surface area (Å²) in [6.07, 6.45) is 32.6. The topological polar surface area (TPSA) is 55.7 Å². The Morgan fingerprint density at radius 1 is 0.634 bits per heavy atom. The van der Waals surface area contributed by atoms with Crippen LogP contribution in [0.1, 0.15) is 142 Å². The van der Waals surface area contributed by atoms with Crippen molar-refractivity contribution in [2.45, 2.75) is 154 Å². The first kappa shape index (κ1) is 33.4. The Labute approximate surface area is 251 Å². The number of hydrogen-bond acceptors (Lipinski definition) is 5. The van der Waals surface area contributed by atoms with Gasteiger partial charge in [0.1, 0.15) is 17.6 Å². The van der Waals surface area contributed by atoms with E-state index in [1.807, 2.05) is 42.5 Å². The molecular weight excluding hydrogens is 508 g/mol. The lowest BCUT2D eigenvalue weighted by Gasteiger charge is -2.10. The van der Waals surface area contributed by atoms with E-state index in [1.165, 1.54) is 116 Å². The van der Waals surface area contributed by atoms with Crippen molar-refractivity contribution in [2.75, 3.05) is 13.2 Å². The van der Waals surface area contributed by atoms with Gasteiger partial charge in [0.15, 0.2) is 0 Å². The first-order valence-corrected chi connectivity index (χ1v) is 17.1.